The Balaban J connectivity index is 3.02. The van der Waals surface area contributed by atoms with Crippen LogP contribution in [0, 0.1) is 6.07 Å². The molecule has 0 bridgehead atoms. The molecule has 0 spiro atoms. The predicted octanol–water partition coefficient (Wildman–Crippen LogP) is 0.0129. The van der Waals surface area contributed by atoms with Crippen molar-refractivity contribution in [2.45, 2.75) is 0 Å². The molecule has 1 aromatic carbocycles. The van der Waals surface area contributed by atoms with Gasteiger partial charge in [0.15, 0.2) is 0 Å². The third-order valence-corrected chi connectivity index (χ3v) is 1.33. The second-order valence-corrected chi connectivity index (χ2v) is 2.34. The van der Waals surface area contributed by atoms with Gasteiger partial charge in [0.25, 0.3) is 0 Å². The van der Waals surface area contributed by atoms with Gasteiger partial charge in [-0.3, -0.25) is 0 Å². The van der Waals surface area contributed by atoms with Crippen molar-refractivity contribution >= 4 is 20.5 Å². The van der Waals surface area contributed by atoms with Crippen molar-refractivity contribution in [3.05, 3.63) is 30.3 Å². The van der Waals surface area contributed by atoms with Gasteiger partial charge in [0.05, 0.1) is 0 Å². The molecule has 7 heavy (non-hydrogen) atoms. The van der Waals surface area contributed by atoms with Crippen molar-refractivity contribution in [3.63, 3.8) is 0 Å². The van der Waals surface area contributed by atoms with E-state index in [0.29, 0.717) is 0 Å². The SMILES string of the molecule is [SeH]c1cc[c]cc1. The number of benzene rings is 1. The van der Waals surface area contributed by atoms with Crippen molar-refractivity contribution < 1.29 is 0 Å². The molecule has 0 aromatic heterocycles. The number of hydrogen-bond acceptors (Lipinski definition) is 0. The van der Waals surface area contributed by atoms with Gasteiger partial charge in [-0.15, -0.1) is 0 Å². The first-order valence-electron chi connectivity index (χ1n) is 2.04. The first kappa shape index (κ1) is 4.89. The zero-order valence-electron chi connectivity index (χ0n) is 3.76. The van der Waals surface area contributed by atoms with Gasteiger partial charge in [0, 0.05) is 0 Å². The Morgan fingerprint density at radius 1 is 1.29 bits per heavy atom. The van der Waals surface area contributed by atoms with Crippen LogP contribution >= 0.6 is 0 Å². The summed E-state index contributed by atoms with van der Waals surface area (Å²) in [6.07, 6.45) is 0. The molecule has 0 heterocycles. The Hall–Kier alpha value is -0.261. The summed E-state index contributed by atoms with van der Waals surface area (Å²) in [5.41, 5.74) is 0. The summed E-state index contributed by atoms with van der Waals surface area (Å²) < 4.78 is 1.23. The molecule has 1 radical (unpaired) electrons. The second-order valence-electron chi connectivity index (χ2n) is 1.26. The van der Waals surface area contributed by atoms with E-state index in [4.69, 9.17) is 0 Å². The van der Waals surface area contributed by atoms with Crippen LogP contribution in [0.3, 0.4) is 0 Å². The molecule has 0 atom stereocenters. The summed E-state index contributed by atoms with van der Waals surface area (Å²) in [5, 5.41) is 0. The van der Waals surface area contributed by atoms with Gasteiger partial charge in [-0.2, -0.15) is 0 Å². The van der Waals surface area contributed by atoms with E-state index >= 15 is 0 Å². The van der Waals surface area contributed by atoms with E-state index in [0.717, 1.165) is 0 Å². The van der Waals surface area contributed by atoms with Crippen molar-refractivity contribution in [1.82, 2.24) is 0 Å². The average molecular weight is 156 g/mol. The summed E-state index contributed by atoms with van der Waals surface area (Å²) in [6.45, 7) is 0. The van der Waals surface area contributed by atoms with E-state index in [9.17, 15) is 0 Å². The van der Waals surface area contributed by atoms with Gasteiger partial charge >= 0.3 is 50.8 Å². The van der Waals surface area contributed by atoms with Crippen LogP contribution in [0.1, 0.15) is 0 Å². The van der Waals surface area contributed by atoms with E-state index in [2.05, 4.69) is 22.1 Å². The monoisotopic (exact) mass is 157 g/mol. The first-order valence-corrected chi connectivity index (χ1v) is 2.98. The van der Waals surface area contributed by atoms with Gasteiger partial charge in [0.2, 0.25) is 0 Å². The maximum absolute atomic E-state index is 2.92. The van der Waals surface area contributed by atoms with Crippen molar-refractivity contribution in [3.8, 4) is 0 Å². The van der Waals surface area contributed by atoms with E-state index < -0.39 is 0 Å². The summed E-state index contributed by atoms with van der Waals surface area (Å²) >= 11 is 2.47. The molecule has 1 heteroatoms. The van der Waals surface area contributed by atoms with Gasteiger partial charge in [-0.05, 0) is 0 Å². The van der Waals surface area contributed by atoms with Crippen LogP contribution in [0.15, 0.2) is 24.3 Å². The minimum absolute atomic E-state index is 1.23. The van der Waals surface area contributed by atoms with Crippen molar-refractivity contribution in [1.29, 1.82) is 0 Å². The quantitative estimate of drug-likeness (QED) is 0.464. The number of hydrogen-bond donors (Lipinski definition) is 0. The Bertz CT molecular complexity index is 134. The van der Waals surface area contributed by atoms with Crippen LogP contribution in [0.25, 0.3) is 0 Å². The minimum atomic E-state index is 1.23. The Morgan fingerprint density at radius 3 is 2.14 bits per heavy atom. The van der Waals surface area contributed by atoms with Gasteiger partial charge < -0.3 is 0 Å². The van der Waals surface area contributed by atoms with Crippen molar-refractivity contribution in [2.75, 3.05) is 0 Å². The molecule has 0 unspecified atom stereocenters. The van der Waals surface area contributed by atoms with Gasteiger partial charge in [-0.1, -0.05) is 0 Å². The van der Waals surface area contributed by atoms with Crippen LogP contribution in [0.4, 0.5) is 0 Å². The molecule has 0 aliphatic carbocycles. The third kappa shape index (κ3) is 1.34. The van der Waals surface area contributed by atoms with Gasteiger partial charge in [0.1, 0.15) is 0 Å². The molecule has 0 N–H and O–H groups in total. The van der Waals surface area contributed by atoms with Crippen LogP contribution in [0.5, 0.6) is 0 Å². The molecule has 0 nitrogen and oxygen atoms in total. The molecular weight excluding hydrogens is 151 g/mol. The van der Waals surface area contributed by atoms with Crippen LogP contribution in [-0.2, 0) is 0 Å². The van der Waals surface area contributed by atoms with Crippen molar-refractivity contribution in [2.24, 2.45) is 0 Å². The predicted molar refractivity (Wildman–Crippen MR) is 32.1 cm³/mol. The Labute approximate surface area is 51.4 Å². The first-order chi connectivity index (χ1) is 3.39. The average Bonchev–Trinajstić information content (AvgIpc) is 1.69. The zero-order chi connectivity index (χ0) is 5.11. The van der Waals surface area contributed by atoms with Crippen LogP contribution in [0.2, 0.25) is 0 Å². The second kappa shape index (κ2) is 2.15. The normalized spacial score (nSPS) is 8.71. The van der Waals surface area contributed by atoms with E-state index in [1.165, 1.54) is 4.46 Å². The molecule has 0 saturated carbocycles. The molecule has 0 amide bonds. The van der Waals surface area contributed by atoms with E-state index in [-0.39, 0.29) is 0 Å². The fourth-order valence-electron chi connectivity index (χ4n) is 0.378. The molecule has 0 aliphatic heterocycles. The summed E-state index contributed by atoms with van der Waals surface area (Å²) in [7, 11) is 0. The Kier molecular flexibility index (Phi) is 1.50. The molecule has 35 valence electrons. The third-order valence-electron chi connectivity index (χ3n) is 0.701. The van der Waals surface area contributed by atoms with E-state index in [1.807, 2.05) is 24.3 Å². The standard InChI is InChI=1S/C6H5Se/c7-6-4-2-1-3-5-6/h2-5,7H. The molecular formula is C6H5Se. The summed E-state index contributed by atoms with van der Waals surface area (Å²) in [4.78, 5) is 0. The summed E-state index contributed by atoms with van der Waals surface area (Å²) in [6, 6.07) is 10.7. The maximum atomic E-state index is 2.92. The molecule has 0 aliphatic rings. The zero-order valence-corrected chi connectivity index (χ0v) is 5.63. The van der Waals surface area contributed by atoms with Crippen LogP contribution < -0.4 is 4.46 Å². The fraction of sp³-hybridized carbons (Fsp3) is 0. The van der Waals surface area contributed by atoms with Gasteiger partial charge in [-0.25, -0.2) is 0 Å². The van der Waals surface area contributed by atoms with E-state index in [1.54, 1.807) is 0 Å². The molecule has 0 saturated heterocycles. The summed E-state index contributed by atoms with van der Waals surface area (Å²) in [5.74, 6) is 0. The topological polar surface area (TPSA) is 0 Å². The molecule has 1 rings (SSSR count). The fourth-order valence-corrected chi connectivity index (χ4v) is 0.691. The van der Waals surface area contributed by atoms with Crippen LogP contribution in [-0.4, -0.2) is 16.0 Å². The molecule has 1 aromatic rings. The molecule has 0 fully saturated rings. The Morgan fingerprint density at radius 2 is 1.86 bits per heavy atom. The number of rotatable bonds is 0.